The van der Waals surface area contributed by atoms with Crippen LogP contribution in [0.2, 0.25) is 0 Å². The van der Waals surface area contributed by atoms with Crippen molar-refractivity contribution in [3.05, 3.63) is 23.8 Å². The Bertz CT molecular complexity index is 285. The zero-order valence-electron chi connectivity index (χ0n) is 9.08. The van der Waals surface area contributed by atoms with E-state index >= 15 is 0 Å². The van der Waals surface area contributed by atoms with Gasteiger partial charge in [-0.2, -0.15) is 0 Å². The highest BCUT2D eigenvalue weighted by molar-refractivity contribution is 5.79. The van der Waals surface area contributed by atoms with Crippen LogP contribution in [-0.2, 0) is 4.79 Å². The summed E-state index contributed by atoms with van der Waals surface area (Å²) in [6.07, 6.45) is 7.19. The van der Waals surface area contributed by atoms with Gasteiger partial charge in [0.05, 0.1) is 0 Å². The van der Waals surface area contributed by atoms with Gasteiger partial charge in [0.2, 0.25) is 0 Å². The number of carboxylic acids is 1. The second-order valence-electron chi connectivity index (χ2n) is 4.52. The summed E-state index contributed by atoms with van der Waals surface area (Å²) in [6.45, 7) is 6.61. The summed E-state index contributed by atoms with van der Waals surface area (Å²) < 4.78 is 0. The summed E-state index contributed by atoms with van der Waals surface area (Å²) in [5.74, 6) is -0.302. The number of aliphatic carboxylic acids is 1. The topological polar surface area (TPSA) is 37.3 Å². The molecule has 1 aliphatic rings. The van der Waals surface area contributed by atoms with Gasteiger partial charge in [-0.05, 0) is 31.1 Å². The van der Waals surface area contributed by atoms with E-state index in [1.807, 2.05) is 0 Å². The smallest absolute Gasteiger partial charge is 0.327 e. The minimum absolute atomic E-state index is 0.225. The van der Waals surface area contributed by atoms with E-state index < -0.39 is 5.97 Å². The molecule has 0 aliphatic heterocycles. The first-order valence-electron chi connectivity index (χ1n) is 5.01. The van der Waals surface area contributed by atoms with Crippen molar-refractivity contribution < 1.29 is 9.90 Å². The lowest BCUT2D eigenvalue weighted by molar-refractivity contribution is -0.131. The lowest BCUT2D eigenvalue weighted by Crippen LogP contribution is -2.19. The molecule has 0 aromatic heterocycles. The van der Waals surface area contributed by atoms with Crippen LogP contribution in [0.15, 0.2) is 23.8 Å². The second-order valence-corrected chi connectivity index (χ2v) is 4.52. The number of hydrogen-bond donors (Lipinski definition) is 1. The van der Waals surface area contributed by atoms with Gasteiger partial charge in [-0.15, -0.1) is 0 Å². The number of carbonyl (C=O) groups is 1. The predicted molar refractivity (Wildman–Crippen MR) is 57.0 cm³/mol. The molecule has 1 N–H and O–H groups in total. The van der Waals surface area contributed by atoms with Crippen molar-refractivity contribution in [3.8, 4) is 0 Å². The molecular formula is C12H18O2. The van der Waals surface area contributed by atoms with Gasteiger partial charge in [0.15, 0.2) is 0 Å². The Morgan fingerprint density at radius 2 is 2.36 bits per heavy atom. The highest BCUT2D eigenvalue weighted by atomic mass is 16.4. The fourth-order valence-electron chi connectivity index (χ4n) is 1.92. The molecule has 78 valence electrons. The molecule has 2 heteroatoms. The first-order chi connectivity index (χ1) is 6.44. The van der Waals surface area contributed by atoms with Crippen LogP contribution in [0.1, 0.15) is 33.6 Å². The van der Waals surface area contributed by atoms with E-state index in [-0.39, 0.29) is 5.41 Å². The Hall–Kier alpha value is -1.05. The van der Waals surface area contributed by atoms with Gasteiger partial charge < -0.3 is 5.11 Å². The molecule has 0 saturated heterocycles. The van der Waals surface area contributed by atoms with Crippen LogP contribution in [0.25, 0.3) is 0 Å². The van der Waals surface area contributed by atoms with Crippen LogP contribution >= 0.6 is 0 Å². The quantitative estimate of drug-likeness (QED) is 0.554. The molecule has 0 saturated carbocycles. The molecule has 0 fully saturated rings. The van der Waals surface area contributed by atoms with Crippen molar-refractivity contribution in [2.45, 2.75) is 33.6 Å². The molecule has 0 amide bonds. The molecule has 1 aliphatic carbocycles. The molecule has 2 nitrogen and oxygen atoms in total. The zero-order valence-corrected chi connectivity index (χ0v) is 9.08. The third kappa shape index (κ3) is 2.25. The van der Waals surface area contributed by atoms with Gasteiger partial charge in [-0.3, -0.25) is 0 Å². The first kappa shape index (κ1) is 11.0. The second kappa shape index (κ2) is 3.99. The van der Waals surface area contributed by atoms with E-state index in [1.54, 1.807) is 6.08 Å². The molecule has 0 heterocycles. The molecule has 0 spiro atoms. The number of rotatable bonds is 3. The lowest BCUT2D eigenvalue weighted by Gasteiger charge is -2.28. The van der Waals surface area contributed by atoms with Crippen LogP contribution in [-0.4, -0.2) is 11.1 Å². The van der Waals surface area contributed by atoms with Gasteiger partial charge in [-0.1, -0.05) is 31.6 Å². The summed E-state index contributed by atoms with van der Waals surface area (Å²) in [4.78, 5) is 10.3. The Morgan fingerprint density at radius 3 is 2.79 bits per heavy atom. The van der Waals surface area contributed by atoms with E-state index in [0.717, 1.165) is 12.8 Å². The maximum absolute atomic E-state index is 10.3. The van der Waals surface area contributed by atoms with E-state index in [2.05, 4.69) is 26.8 Å². The van der Waals surface area contributed by atoms with Crippen molar-refractivity contribution in [1.29, 1.82) is 0 Å². The fraction of sp³-hybridized carbons (Fsp3) is 0.583. The van der Waals surface area contributed by atoms with Gasteiger partial charge >= 0.3 is 5.97 Å². The molecule has 0 aromatic carbocycles. The number of carboxylic acid groups (broad SMARTS) is 1. The van der Waals surface area contributed by atoms with Crippen molar-refractivity contribution in [2.24, 2.45) is 11.3 Å². The van der Waals surface area contributed by atoms with Crippen LogP contribution in [0.4, 0.5) is 0 Å². The summed E-state index contributed by atoms with van der Waals surface area (Å²) in [7, 11) is 0. The highest BCUT2D eigenvalue weighted by Crippen LogP contribution is 2.44. The largest absolute Gasteiger partial charge is 0.478 e. The van der Waals surface area contributed by atoms with E-state index in [4.69, 9.17) is 5.11 Å². The van der Waals surface area contributed by atoms with Crippen LogP contribution in [0, 0.1) is 11.3 Å². The molecule has 0 bridgehead atoms. The maximum Gasteiger partial charge on any atom is 0.327 e. The minimum Gasteiger partial charge on any atom is -0.478 e. The van der Waals surface area contributed by atoms with Crippen LogP contribution < -0.4 is 0 Å². The SMILES string of the molecule is CC1=CCC(C/C=C\C(=O)O)C1(C)C. The maximum atomic E-state index is 10.3. The highest BCUT2D eigenvalue weighted by Gasteiger charge is 2.33. The summed E-state index contributed by atoms with van der Waals surface area (Å²) >= 11 is 0. The van der Waals surface area contributed by atoms with Crippen LogP contribution in [0.3, 0.4) is 0 Å². The van der Waals surface area contributed by atoms with Gasteiger partial charge in [0.25, 0.3) is 0 Å². The average molecular weight is 194 g/mol. The summed E-state index contributed by atoms with van der Waals surface area (Å²) in [5, 5.41) is 8.47. The standard InChI is InChI=1S/C12H18O2/c1-9-7-8-10(12(9,2)3)5-4-6-11(13)14/h4,6-7,10H,5,8H2,1-3H3,(H,13,14)/b6-4-. The molecule has 1 unspecified atom stereocenters. The molecule has 1 rings (SSSR count). The Kier molecular flexibility index (Phi) is 3.14. The van der Waals surface area contributed by atoms with Crippen molar-refractivity contribution >= 4 is 5.97 Å². The van der Waals surface area contributed by atoms with Gasteiger partial charge in [0, 0.05) is 6.08 Å². The zero-order chi connectivity index (χ0) is 10.8. The van der Waals surface area contributed by atoms with Gasteiger partial charge in [-0.25, -0.2) is 4.79 Å². The van der Waals surface area contributed by atoms with Crippen molar-refractivity contribution in [1.82, 2.24) is 0 Å². The van der Waals surface area contributed by atoms with Crippen molar-refractivity contribution in [3.63, 3.8) is 0 Å². The fourth-order valence-corrected chi connectivity index (χ4v) is 1.92. The summed E-state index contributed by atoms with van der Waals surface area (Å²) in [6, 6.07) is 0. The predicted octanol–water partition coefficient (Wildman–Crippen LogP) is 3.01. The molecule has 0 aromatic rings. The van der Waals surface area contributed by atoms with E-state index in [9.17, 15) is 4.79 Å². The monoisotopic (exact) mass is 194 g/mol. The lowest BCUT2D eigenvalue weighted by atomic mass is 9.76. The molecule has 0 radical (unpaired) electrons. The summed E-state index contributed by atoms with van der Waals surface area (Å²) in [5.41, 5.74) is 1.65. The van der Waals surface area contributed by atoms with Crippen LogP contribution in [0.5, 0.6) is 0 Å². The third-order valence-electron chi connectivity index (χ3n) is 3.43. The Morgan fingerprint density at radius 1 is 1.71 bits per heavy atom. The normalized spacial score (nSPS) is 25.4. The Balaban J connectivity index is 2.53. The Labute approximate surface area is 85.3 Å². The molecule has 1 atom stereocenters. The number of hydrogen-bond acceptors (Lipinski definition) is 1. The average Bonchev–Trinajstić information content (AvgIpc) is 2.30. The number of allylic oxidation sites excluding steroid dienone is 3. The first-order valence-corrected chi connectivity index (χ1v) is 5.01. The molecule has 14 heavy (non-hydrogen) atoms. The van der Waals surface area contributed by atoms with E-state index in [0.29, 0.717) is 5.92 Å². The minimum atomic E-state index is -0.856. The third-order valence-corrected chi connectivity index (χ3v) is 3.43. The van der Waals surface area contributed by atoms with Gasteiger partial charge in [0.1, 0.15) is 0 Å². The molecular weight excluding hydrogens is 176 g/mol. The van der Waals surface area contributed by atoms with Crippen molar-refractivity contribution in [2.75, 3.05) is 0 Å². The van der Waals surface area contributed by atoms with E-state index in [1.165, 1.54) is 11.6 Å².